The van der Waals surface area contributed by atoms with Crippen LogP contribution in [0.1, 0.15) is 27.6 Å². The zero-order valence-electron chi connectivity index (χ0n) is 17.3. The first-order valence-corrected chi connectivity index (χ1v) is 10.3. The molecule has 0 aliphatic carbocycles. The molecule has 2 aromatic heterocycles. The van der Waals surface area contributed by atoms with Gasteiger partial charge in [-0.1, -0.05) is 36.4 Å². The van der Waals surface area contributed by atoms with Gasteiger partial charge in [0.25, 0.3) is 0 Å². The van der Waals surface area contributed by atoms with Gasteiger partial charge in [0.1, 0.15) is 29.1 Å². The molecular formula is C25H20F2N3O2+. The Labute approximate surface area is 183 Å². The van der Waals surface area contributed by atoms with Crippen LogP contribution >= 0.6 is 0 Å². The molecule has 0 bridgehead atoms. The fourth-order valence-corrected chi connectivity index (χ4v) is 3.95. The molecule has 0 saturated carbocycles. The first-order chi connectivity index (χ1) is 15.5. The van der Waals surface area contributed by atoms with Gasteiger partial charge in [0.2, 0.25) is 6.04 Å². The molecule has 0 radical (unpaired) electrons. The number of nitrogens with zero attached hydrogens (tertiary/aromatic N) is 2. The lowest BCUT2D eigenvalue weighted by Crippen LogP contribution is -2.44. The number of halogens is 2. The maximum Gasteiger partial charge on any atom is 0.359 e. The number of hydrogen-bond acceptors (Lipinski definition) is 4. The van der Waals surface area contributed by atoms with Crippen molar-refractivity contribution in [3.63, 3.8) is 0 Å². The fourth-order valence-electron chi connectivity index (χ4n) is 3.95. The second-order valence-electron chi connectivity index (χ2n) is 7.81. The first-order valence-electron chi connectivity index (χ1n) is 10.3. The number of fused-ring (bicyclic) bond motifs is 1. The van der Waals surface area contributed by atoms with Gasteiger partial charge >= 0.3 is 11.7 Å². The van der Waals surface area contributed by atoms with Crippen LogP contribution in [0.3, 0.4) is 0 Å². The van der Waals surface area contributed by atoms with E-state index in [4.69, 9.17) is 4.42 Å². The SMILES string of the molecule is Cc1ccc(CC2Nc3c(Cc4ccccc4)nc(-c4cccc(F)c4F)c[n+]3C2=O)o1. The number of rotatable bonds is 5. The van der Waals surface area contributed by atoms with Gasteiger partial charge in [0.05, 0.1) is 6.42 Å². The summed E-state index contributed by atoms with van der Waals surface area (Å²) >= 11 is 0. The summed E-state index contributed by atoms with van der Waals surface area (Å²) in [6, 6.07) is 16.7. The summed E-state index contributed by atoms with van der Waals surface area (Å²) in [6.45, 7) is 1.85. The van der Waals surface area contributed by atoms with E-state index in [-0.39, 0.29) is 17.2 Å². The van der Waals surface area contributed by atoms with Gasteiger partial charge in [-0.2, -0.15) is 4.57 Å². The van der Waals surface area contributed by atoms with Crippen LogP contribution in [0.4, 0.5) is 14.6 Å². The number of carbonyl (C=O) groups excluding carboxylic acids is 1. The maximum absolute atomic E-state index is 14.5. The predicted octanol–water partition coefficient (Wildman–Crippen LogP) is 4.48. The van der Waals surface area contributed by atoms with E-state index in [9.17, 15) is 13.6 Å². The van der Waals surface area contributed by atoms with Crippen molar-refractivity contribution in [2.24, 2.45) is 0 Å². The minimum atomic E-state index is -0.993. The molecule has 0 amide bonds. The van der Waals surface area contributed by atoms with Crippen molar-refractivity contribution in [2.45, 2.75) is 25.8 Å². The second kappa shape index (κ2) is 8.00. The summed E-state index contributed by atoms with van der Waals surface area (Å²) in [6.07, 6.45) is 2.25. The van der Waals surface area contributed by atoms with Crippen molar-refractivity contribution in [1.82, 2.24) is 4.98 Å². The maximum atomic E-state index is 14.5. The van der Waals surface area contributed by atoms with Gasteiger partial charge in [-0.05, 0) is 36.8 Å². The van der Waals surface area contributed by atoms with Gasteiger partial charge in [-0.3, -0.25) is 5.32 Å². The number of carbonyl (C=O) groups is 1. The Morgan fingerprint density at radius 3 is 2.62 bits per heavy atom. The number of anilines is 1. The number of aromatic nitrogens is 2. The van der Waals surface area contributed by atoms with Crippen molar-refractivity contribution < 1.29 is 22.6 Å². The number of nitrogens with one attached hydrogen (secondary N) is 1. The summed E-state index contributed by atoms with van der Waals surface area (Å²) in [7, 11) is 0. The predicted molar refractivity (Wildman–Crippen MR) is 114 cm³/mol. The molecule has 4 aromatic rings. The van der Waals surface area contributed by atoms with Crippen LogP contribution in [0, 0.1) is 18.6 Å². The van der Waals surface area contributed by atoms with E-state index in [0.29, 0.717) is 30.1 Å². The number of benzene rings is 2. The summed E-state index contributed by atoms with van der Waals surface area (Å²) < 4.78 is 35.5. The van der Waals surface area contributed by atoms with Gasteiger partial charge in [0, 0.05) is 12.0 Å². The second-order valence-corrected chi connectivity index (χ2v) is 7.81. The molecule has 0 fully saturated rings. The zero-order valence-corrected chi connectivity index (χ0v) is 17.3. The summed E-state index contributed by atoms with van der Waals surface area (Å²) in [5.74, 6) is -0.152. The van der Waals surface area contributed by atoms with E-state index < -0.39 is 17.7 Å². The van der Waals surface area contributed by atoms with Crippen LogP contribution in [-0.2, 0) is 12.8 Å². The molecule has 32 heavy (non-hydrogen) atoms. The highest BCUT2D eigenvalue weighted by Gasteiger charge is 2.41. The van der Waals surface area contributed by atoms with Crippen LogP contribution in [0.25, 0.3) is 11.3 Å². The van der Waals surface area contributed by atoms with Crippen LogP contribution in [-0.4, -0.2) is 16.9 Å². The molecule has 1 unspecified atom stereocenters. The third-order valence-corrected chi connectivity index (χ3v) is 5.51. The molecule has 0 saturated heterocycles. The minimum absolute atomic E-state index is 0.00696. The van der Waals surface area contributed by atoms with E-state index in [1.807, 2.05) is 49.4 Å². The van der Waals surface area contributed by atoms with Crippen molar-refractivity contribution in [3.05, 3.63) is 101 Å². The van der Waals surface area contributed by atoms with Gasteiger partial charge in [-0.15, -0.1) is 0 Å². The highest BCUT2D eigenvalue weighted by molar-refractivity contribution is 5.82. The molecule has 7 heteroatoms. The molecular weight excluding hydrogens is 412 g/mol. The molecule has 2 aromatic carbocycles. The third kappa shape index (κ3) is 3.66. The van der Waals surface area contributed by atoms with E-state index in [0.717, 1.165) is 17.4 Å². The van der Waals surface area contributed by atoms with E-state index in [2.05, 4.69) is 10.3 Å². The van der Waals surface area contributed by atoms with E-state index in [1.165, 1.54) is 22.9 Å². The molecule has 160 valence electrons. The quantitative estimate of drug-likeness (QED) is 0.473. The molecule has 0 spiro atoms. The van der Waals surface area contributed by atoms with Gasteiger partial charge < -0.3 is 4.42 Å². The van der Waals surface area contributed by atoms with Crippen molar-refractivity contribution in [2.75, 3.05) is 5.32 Å². The average Bonchev–Trinajstić information content (AvgIpc) is 3.34. The molecule has 1 atom stereocenters. The molecule has 5 nitrogen and oxygen atoms in total. The summed E-state index contributed by atoms with van der Waals surface area (Å²) in [4.78, 5) is 17.8. The molecule has 1 aliphatic rings. The number of hydrogen-bond donors (Lipinski definition) is 1. The lowest BCUT2D eigenvalue weighted by molar-refractivity contribution is -0.552. The monoisotopic (exact) mass is 432 g/mol. The zero-order chi connectivity index (χ0) is 22.2. The van der Waals surface area contributed by atoms with E-state index >= 15 is 0 Å². The van der Waals surface area contributed by atoms with Gasteiger partial charge in [0.15, 0.2) is 11.6 Å². The number of furan rings is 1. The van der Waals surface area contributed by atoms with Crippen molar-refractivity contribution in [3.8, 4) is 11.3 Å². The largest absolute Gasteiger partial charge is 0.466 e. The van der Waals surface area contributed by atoms with Crippen LogP contribution in [0.5, 0.6) is 0 Å². The Morgan fingerprint density at radius 1 is 1.06 bits per heavy atom. The minimum Gasteiger partial charge on any atom is -0.466 e. The Bertz CT molecular complexity index is 1320. The Morgan fingerprint density at radius 2 is 1.88 bits per heavy atom. The summed E-state index contributed by atoms with van der Waals surface area (Å²) in [5.41, 5.74) is 1.76. The molecule has 5 rings (SSSR count). The van der Waals surface area contributed by atoms with Crippen molar-refractivity contribution >= 4 is 11.7 Å². The highest BCUT2D eigenvalue weighted by Crippen LogP contribution is 2.27. The van der Waals surface area contributed by atoms with Gasteiger partial charge in [-0.25, -0.2) is 18.6 Å². The molecule has 1 aliphatic heterocycles. The summed E-state index contributed by atoms with van der Waals surface area (Å²) in [5, 5.41) is 3.26. The van der Waals surface area contributed by atoms with Crippen molar-refractivity contribution in [1.29, 1.82) is 0 Å². The van der Waals surface area contributed by atoms with Crippen LogP contribution in [0.15, 0.2) is 71.3 Å². The first kappa shape index (κ1) is 20.1. The Kier molecular flexibility index (Phi) is 5.01. The Balaban J connectivity index is 1.58. The van der Waals surface area contributed by atoms with Crippen LogP contribution in [0.2, 0.25) is 0 Å². The fraction of sp³-hybridized carbons (Fsp3) is 0.160. The third-order valence-electron chi connectivity index (χ3n) is 5.51. The topological polar surface area (TPSA) is 59.0 Å². The lowest BCUT2D eigenvalue weighted by Gasteiger charge is -2.08. The normalized spacial score (nSPS) is 15.0. The van der Waals surface area contributed by atoms with E-state index in [1.54, 1.807) is 0 Å². The molecule has 3 heterocycles. The molecule has 1 N–H and O–H groups in total. The Hall–Kier alpha value is -3.87. The number of aryl methyl sites for hydroxylation is 1. The van der Waals surface area contributed by atoms with Crippen LogP contribution < -0.4 is 9.88 Å². The highest BCUT2D eigenvalue weighted by atomic mass is 19.2. The lowest BCUT2D eigenvalue weighted by atomic mass is 10.1. The smallest absolute Gasteiger partial charge is 0.359 e. The standard InChI is InChI=1S/C25H19F2N3O2/c1-15-10-11-17(32-15)13-21-25(31)30-14-22(18-8-5-9-19(26)23(18)27)28-20(24(30)29-21)12-16-6-3-2-4-7-16/h2-11,14,21H,12-13H2,1H3/p+1. The average molecular weight is 432 g/mol.